The molecule has 1 heterocycles. The Bertz CT molecular complexity index is 674. The van der Waals surface area contributed by atoms with E-state index in [1.54, 1.807) is 12.0 Å². The Kier molecular flexibility index (Phi) is 8.51. The fourth-order valence-corrected chi connectivity index (χ4v) is 4.20. The summed E-state index contributed by atoms with van der Waals surface area (Å²) in [6.07, 6.45) is 3.75. The van der Waals surface area contributed by atoms with Gasteiger partial charge in [0.1, 0.15) is 6.61 Å². The van der Waals surface area contributed by atoms with Gasteiger partial charge in [0.2, 0.25) is 0 Å². The van der Waals surface area contributed by atoms with Crippen LogP contribution in [-0.4, -0.2) is 62.1 Å². The molecule has 30 heavy (non-hydrogen) atoms. The Hall–Kier alpha value is -2.12. The number of hydrogen-bond acceptors (Lipinski definition) is 6. The van der Waals surface area contributed by atoms with E-state index in [1.165, 1.54) is 0 Å². The summed E-state index contributed by atoms with van der Waals surface area (Å²) in [5.41, 5.74) is 0.958. The highest BCUT2D eigenvalue weighted by molar-refractivity contribution is 5.72. The van der Waals surface area contributed by atoms with Gasteiger partial charge < -0.3 is 23.8 Å². The van der Waals surface area contributed by atoms with Crippen LogP contribution in [0.3, 0.4) is 0 Å². The molecule has 1 amide bonds. The van der Waals surface area contributed by atoms with E-state index >= 15 is 0 Å². The first-order valence-corrected chi connectivity index (χ1v) is 10.9. The van der Waals surface area contributed by atoms with Crippen LogP contribution in [-0.2, 0) is 30.3 Å². The number of hydrogen-bond donors (Lipinski definition) is 0. The summed E-state index contributed by atoms with van der Waals surface area (Å²) >= 11 is 0. The molecule has 1 aliphatic carbocycles. The predicted octanol–water partition coefficient (Wildman–Crippen LogP) is 3.55. The van der Waals surface area contributed by atoms with Crippen LogP contribution in [0, 0.1) is 5.92 Å². The summed E-state index contributed by atoms with van der Waals surface area (Å²) in [5.74, 6) is -0.111. The van der Waals surface area contributed by atoms with Crippen molar-refractivity contribution in [3.05, 3.63) is 35.9 Å². The summed E-state index contributed by atoms with van der Waals surface area (Å²) in [6.45, 7) is 3.47. The Morgan fingerprint density at radius 1 is 1.03 bits per heavy atom. The van der Waals surface area contributed by atoms with Crippen LogP contribution < -0.4 is 0 Å². The van der Waals surface area contributed by atoms with Gasteiger partial charge in [-0.2, -0.15) is 0 Å². The second-order valence-electron chi connectivity index (χ2n) is 8.00. The minimum atomic E-state index is -0.335. The topological polar surface area (TPSA) is 74.3 Å². The first kappa shape index (κ1) is 22.6. The van der Waals surface area contributed by atoms with Gasteiger partial charge in [-0.15, -0.1) is 0 Å². The zero-order valence-corrected chi connectivity index (χ0v) is 18.0. The third kappa shape index (κ3) is 6.19. The van der Waals surface area contributed by atoms with E-state index in [0.29, 0.717) is 19.8 Å². The van der Waals surface area contributed by atoms with Crippen LogP contribution in [0.15, 0.2) is 30.3 Å². The number of carbonyl (C=O) groups is 2. The molecule has 1 saturated carbocycles. The maximum absolute atomic E-state index is 12.7. The van der Waals surface area contributed by atoms with Crippen molar-refractivity contribution >= 4 is 12.1 Å². The molecule has 1 aliphatic heterocycles. The number of ether oxygens (including phenoxy) is 4. The van der Waals surface area contributed by atoms with Crippen LogP contribution >= 0.6 is 0 Å². The maximum Gasteiger partial charge on any atom is 0.410 e. The van der Waals surface area contributed by atoms with Gasteiger partial charge in [0.05, 0.1) is 43.9 Å². The molecule has 0 bridgehead atoms. The minimum Gasteiger partial charge on any atom is -0.466 e. The number of likely N-dealkylation sites (tertiary alicyclic amines) is 1. The molecule has 2 fully saturated rings. The standard InChI is InChI=1S/C23H33NO6/c1-3-28-22(25)18-9-11-20(12-10-18)29-16-19-13-21(27-2)14-24(19)23(26)30-15-17-7-5-4-6-8-17/h4-8,18-21H,3,9-16H2,1-2H3/t18?,19-,20?,21-/m0/s1. The van der Waals surface area contributed by atoms with E-state index in [0.717, 1.165) is 37.7 Å². The van der Waals surface area contributed by atoms with Crippen LogP contribution in [0.4, 0.5) is 4.79 Å². The third-order valence-corrected chi connectivity index (χ3v) is 5.97. The molecule has 166 valence electrons. The number of nitrogens with zero attached hydrogens (tertiary/aromatic N) is 1. The molecule has 2 atom stereocenters. The van der Waals surface area contributed by atoms with Crippen LogP contribution in [0.2, 0.25) is 0 Å². The van der Waals surface area contributed by atoms with Crippen molar-refractivity contribution in [2.45, 2.75) is 63.9 Å². The molecular formula is C23H33NO6. The van der Waals surface area contributed by atoms with Gasteiger partial charge in [-0.05, 0) is 44.6 Å². The van der Waals surface area contributed by atoms with Gasteiger partial charge in [0.25, 0.3) is 0 Å². The number of methoxy groups -OCH3 is 1. The molecule has 2 aliphatic rings. The Labute approximate surface area is 178 Å². The van der Waals surface area contributed by atoms with Crippen molar-refractivity contribution in [2.24, 2.45) is 5.92 Å². The normalized spacial score (nSPS) is 26.4. The lowest BCUT2D eigenvalue weighted by molar-refractivity contribution is -0.150. The monoisotopic (exact) mass is 419 g/mol. The smallest absolute Gasteiger partial charge is 0.410 e. The molecule has 1 aromatic carbocycles. The molecule has 0 radical (unpaired) electrons. The van der Waals surface area contributed by atoms with Crippen molar-refractivity contribution in [1.82, 2.24) is 4.90 Å². The second-order valence-corrected chi connectivity index (χ2v) is 8.00. The molecule has 0 N–H and O–H groups in total. The van der Waals surface area contributed by atoms with Gasteiger partial charge in [-0.3, -0.25) is 4.79 Å². The largest absolute Gasteiger partial charge is 0.466 e. The molecule has 1 aromatic rings. The number of benzene rings is 1. The number of carbonyl (C=O) groups excluding carboxylic acids is 2. The zero-order chi connectivity index (χ0) is 21.3. The number of rotatable bonds is 8. The molecular weight excluding hydrogens is 386 g/mol. The lowest BCUT2D eigenvalue weighted by Crippen LogP contribution is -2.40. The predicted molar refractivity (Wildman–Crippen MR) is 111 cm³/mol. The van der Waals surface area contributed by atoms with Gasteiger partial charge in [0, 0.05) is 7.11 Å². The van der Waals surface area contributed by atoms with E-state index in [4.69, 9.17) is 18.9 Å². The van der Waals surface area contributed by atoms with Gasteiger partial charge in [-0.25, -0.2) is 4.79 Å². The molecule has 1 saturated heterocycles. The molecule has 0 aromatic heterocycles. The third-order valence-electron chi connectivity index (χ3n) is 5.97. The van der Waals surface area contributed by atoms with E-state index in [1.807, 2.05) is 37.3 Å². The van der Waals surface area contributed by atoms with Crippen LogP contribution in [0.25, 0.3) is 0 Å². The van der Waals surface area contributed by atoms with E-state index in [9.17, 15) is 9.59 Å². The van der Waals surface area contributed by atoms with Crippen molar-refractivity contribution in [2.75, 3.05) is 26.9 Å². The Morgan fingerprint density at radius 2 is 1.77 bits per heavy atom. The van der Waals surface area contributed by atoms with Gasteiger partial charge in [-0.1, -0.05) is 30.3 Å². The van der Waals surface area contributed by atoms with E-state index in [2.05, 4.69) is 0 Å². The highest BCUT2D eigenvalue weighted by atomic mass is 16.6. The van der Waals surface area contributed by atoms with Crippen molar-refractivity contribution in [3.8, 4) is 0 Å². The molecule has 3 rings (SSSR count). The average Bonchev–Trinajstić information content (AvgIpc) is 3.21. The molecule has 7 heteroatoms. The maximum atomic E-state index is 12.7. The van der Waals surface area contributed by atoms with E-state index in [-0.39, 0.29) is 42.8 Å². The summed E-state index contributed by atoms with van der Waals surface area (Å²) in [5, 5.41) is 0. The summed E-state index contributed by atoms with van der Waals surface area (Å²) < 4.78 is 22.3. The van der Waals surface area contributed by atoms with Crippen molar-refractivity contribution in [1.29, 1.82) is 0 Å². The first-order chi connectivity index (χ1) is 14.6. The quantitative estimate of drug-likeness (QED) is 0.600. The second kappa shape index (κ2) is 11.3. The number of esters is 1. The fraction of sp³-hybridized carbons (Fsp3) is 0.652. The Balaban J connectivity index is 1.46. The minimum absolute atomic E-state index is 0.0116. The summed E-state index contributed by atoms with van der Waals surface area (Å²) in [6, 6.07) is 9.58. The van der Waals surface area contributed by atoms with Gasteiger partial charge >= 0.3 is 12.1 Å². The van der Waals surface area contributed by atoms with Crippen molar-refractivity contribution in [3.63, 3.8) is 0 Å². The van der Waals surface area contributed by atoms with Crippen LogP contribution in [0.5, 0.6) is 0 Å². The molecule has 0 spiro atoms. The van der Waals surface area contributed by atoms with Crippen molar-refractivity contribution < 1.29 is 28.5 Å². The lowest BCUT2D eigenvalue weighted by atomic mass is 9.87. The highest BCUT2D eigenvalue weighted by Crippen LogP contribution is 2.29. The zero-order valence-electron chi connectivity index (χ0n) is 18.0. The summed E-state index contributed by atoms with van der Waals surface area (Å²) in [4.78, 5) is 26.3. The average molecular weight is 420 g/mol. The van der Waals surface area contributed by atoms with E-state index < -0.39 is 0 Å². The SMILES string of the molecule is CCOC(=O)C1CCC(OC[C@@H]2C[C@H](OC)CN2C(=O)OCc2ccccc2)CC1. The molecule has 0 unspecified atom stereocenters. The first-order valence-electron chi connectivity index (χ1n) is 10.9. The number of amides is 1. The highest BCUT2D eigenvalue weighted by Gasteiger charge is 2.37. The molecule has 7 nitrogen and oxygen atoms in total. The lowest BCUT2D eigenvalue weighted by Gasteiger charge is -2.30. The summed E-state index contributed by atoms with van der Waals surface area (Å²) in [7, 11) is 1.66. The Morgan fingerprint density at radius 3 is 2.43 bits per heavy atom. The van der Waals surface area contributed by atoms with Crippen LogP contribution in [0.1, 0.15) is 44.6 Å². The van der Waals surface area contributed by atoms with Gasteiger partial charge in [0.15, 0.2) is 0 Å². The fourth-order valence-electron chi connectivity index (χ4n) is 4.20.